The second-order valence-corrected chi connectivity index (χ2v) is 7.87. The standard InChI is InChI=1S/C20H26N2O2S/c1-22(2)17(14-8-6-9-16(11-14)24-3)13-21-20(23)19-12-15-7-4-5-10-18(15)25-19/h6,8-9,11-12,17H,4-5,7,10,13H2,1-3H3,(H,21,23). The van der Waals surface area contributed by atoms with Gasteiger partial charge in [-0.2, -0.15) is 0 Å². The van der Waals surface area contributed by atoms with Gasteiger partial charge in [0, 0.05) is 11.4 Å². The molecule has 1 atom stereocenters. The minimum Gasteiger partial charge on any atom is -0.497 e. The maximum Gasteiger partial charge on any atom is 0.261 e. The molecule has 25 heavy (non-hydrogen) atoms. The van der Waals surface area contributed by atoms with E-state index in [4.69, 9.17) is 4.74 Å². The Labute approximate surface area is 153 Å². The fraction of sp³-hybridized carbons (Fsp3) is 0.450. The van der Waals surface area contributed by atoms with E-state index in [1.165, 1.54) is 23.3 Å². The predicted molar refractivity (Wildman–Crippen MR) is 103 cm³/mol. The number of ether oxygens (including phenoxy) is 1. The number of hydrogen-bond donors (Lipinski definition) is 1. The van der Waals surface area contributed by atoms with Crippen LogP contribution in [0.5, 0.6) is 5.75 Å². The SMILES string of the molecule is COc1cccc(C(CNC(=O)c2cc3c(s2)CCCC3)N(C)C)c1. The van der Waals surface area contributed by atoms with Crippen molar-refractivity contribution in [1.29, 1.82) is 0 Å². The Bertz CT molecular complexity index is 716. The number of aryl methyl sites for hydroxylation is 2. The first-order valence-corrected chi connectivity index (χ1v) is 9.60. The van der Waals surface area contributed by atoms with Gasteiger partial charge in [0.2, 0.25) is 0 Å². The minimum atomic E-state index is 0.0362. The van der Waals surface area contributed by atoms with E-state index in [1.54, 1.807) is 18.4 Å². The van der Waals surface area contributed by atoms with Gasteiger partial charge in [-0.05, 0) is 69.1 Å². The van der Waals surface area contributed by atoms with Gasteiger partial charge in [0.05, 0.1) is 18.0 Å². The lowest BCUT2D eigenvalue weighted by Gasteiger charge is -2.25. The number of likely N-dealkylation sites (N-methyl/N-ethyl adjacent to an activating group) is 1. The van der Waals surface area contributed by atoms with Crippen LogP contribution in [0.3, 0.4) is 0 Å². The maximum atomic E-state index is 12.6. The monoisotopic (exact) mass is 358 g/mol. The summed E-state index contributed by atoms with van der Waals surface area (Å²) < 4.78 is 5.32. The van der Waals surface area contributed by atoms with Crippen LogP contribution in [-0.2, 0) is 12.8 Å². The van der Waals surface area contributed by atoms with Crippen molar-refractivity contribution in [2.45, 2.75) is 31.7 Å². The lowest BCUT2D eigenvalue weighted by atomic mass is 9.99. The number of benzene rings is 1. The first kappa shape index (κ1) is 18.0. The number of methoxy groups -OCH3 is 1. The number of carbonyl (C=O) groups excluding carboxylic acids is 1. The van der Waals surface area contributed by atoms with Crippen LogP contribution in [0.1, 0.15) is 44.6 Å². The third-order valence-electron chi connectivity index (χ3n) is 4.78. The molecule has 1 amide bonds. The molecule has 134 valence electrons. The van der Waals surface area contributed by atoms with Crippen molar-refractivity contribution in [3.63, 3.8) is 0 Å². The molecule has 0 saturated heterocycles. The van der Waals surface area contributed by atoms with E-state index in [0.29, 0.717) is 6.54 Å². The molecular weight excluding hydrogens is 332 g/mol. The average Bonchev–Trinajstić information content (AvgIpc) is 3.06. The van der Waals surface area contributed by atoms with Crippen LogP contribution in [0.2, 0.25) is 0 Å². The van der Waals surface area contributed by atoms with Crippen molar-refractivity contribution >= 4 is 17.2 Å². The molecule has 1 aliphatic carbocycles. The van der Waals surface area contributed by atoms with Gasteiger partial charge in [0.1, 0.15) is 5.75 Å². The van der Waals surface area contributed by atoms with Crippen LogP contribution in [0, 0.1) is 0 Å². The second-order valence-electron chi connectivity index (χ2n) is 6.73. The average molecular weight is 359 g/mol. The largest absolute Gasteiger partial charge is 0.497 e. The van der Waals surface area contributed by atoms with Crippen LogP contribution in [-0.4, -0.2) is 38.6 Å². The number of nitrogens with zero attached hydrogens (tertiary/aromatic N) is 1. The first-order chi connectivity index (χ1) is 12.1. The molecule has 0 saturated carbocycles. The summed E-state index contributed by atoms with van der Waals surface area (Å²) in [5.74, 6) is 0.871. The fourth-order valence-electron chi connectivity index (χ4n) is 3.33. The third-order valence-corrected chi connectivity index (χ3v) is 6.01. The van der Waals surface area contributed by atoms with Crippen molar-refractivity contribution in [3.05, 3.63) is 51.2 Å². The maximum absolute atomic E-state index is 12.6. The quantitative estimate of drug-likeness (QED) is 0.857. The lowest BCUT2D eigenvalue weighted by Crippen LogP contribution is -2.34. The second kappa shape index (κ2) is 8.02. The highest BCUT2D eigenvalue weighted by atomic mass is 32.1. The van der Waals surface area contributed by atoms with Crippen molar-refractivity contribution in [2.24, 2.45) is 0 Å². The molecule has 4 nitrogen and oxygen atoms in total. The topological polar surface area (TPSA) is 41.6 Å². The van der Waals surface area contributed by atoms with E-state index in [2.05, 4.69) is 22.3 Å². The molecule has 1 heterocycles. The van der Waals surface area contributed by atoms with E-state index in [-0.39, 0.29) is 11.9 Å². The lowest BCUT2D eigenvalue weighted by molar-refractivity contribution is 0.0946. The molecule has 1 unspecified atom stereocenters. The van der Waals surface area contributed by atoms with E-state index < -0.39 is 0 Å². The van der Waals surface area contributed by atoms with Crippen molar-refractivity contribution < 1.29 is 9.53 Å². The Morgan fingerprint density at radius 2 is 2.08 bits per heavy atom. The summed E-state index contributed by atoms with van der Waals surface area (Å²) in [6, 6.07) is 10.2. The highest BCUT2D eigenvalue weighted by Crippen LogP contribution is 2.29. The number of carbonyl (C=O) groups is 1. The molecular formula is C20H26N2O2S. The minimum absolute atomic E-state index is 0.0362. The van der Waals surface area contributed by atoms with Gasteiger partial charge in [0.25, 0.3) is 5.91 Å². The fourth-order valence-corrected chi connectivity index (χ4v) is 4.50. The summed E-state index contributed by atoms with van der Waals surface area (Å²) >= 11 is 1.66. The summed E-state index contributed by atoms with van der Waals surface area (Å²) in [7, 11) is 5.73. The third kappa shape index (κ3) is 4.22. The number of thiophene rings is 1. The number of amides is 1. The van der Waals surface area contributed by atoms with Crippen LogP contribution in [0.15, 0.2) is 30.3 Å². The molecule has 3 rings (SSSR count). The van der Waals surface area contributed by atoms with Gasteiger partial charge < -0.3 is 15.0 Å². The Kier molecular flexibility index (Phi) is 5.76. The van der Waals surface area contributed by atoms with Gasteiger partial charge in [-0.1, -0.05) is 12.1 Å². The molecule has 1 aromatic heterocycles. The number of nitrogens with one attached hydrogen (secondary N) is 1. The van der Waals surface area contributed by atoms with E-state index in [9.17, 15) is 4.79 Å². The van der Waals surface area contributed by atoms with Crippen molar-refractivity contribution in [3.8, 4) is 5.75 Å². The van der Waals surface area contributed by atoms with Crippen LogP contribution in [0.25, 0.3) is 0 Å². The van der Waals surface area contributed by atoms with Gasteiger partial charge in [-0.15, -0.1) is 11.3 Å². The number of hydrogen-bond acceptors (Lipinski definition) is 4. The van der Waals surface area contributed by atoms with Gasteiger partial charge in [-0.25, -0.2) is 0 Å². The van der Waals surface area contributed by atoms with Crippen LogP contribution in [0.4, 0.5) is 0 Å². The summed E-state index contributed by atoms with van der Waals surface area (Å²) in [6.07, 6.45) is 4.72. The first-order valence-electron chi connectivity index (χ1n) is 8.78. The van der Waals surface area contributed by atoms with Gasteiger partial charge >= 0.3 is 0 Å². The molecule has 1 aromatic carbocycles. The predicted octanol–water partition coefficient (Wildman–Crippen LogP) is 3.67. The Morgan fingerprint density at radius 1 is 1.28 bits per heavy atom. The Morgan fingerprint density at radius 3 is 2.80 bits per heavy atom. The van der Waals surface area contributed by atoms with Gasteiger partial charge in [0.15, 0.2) is 0 Å². The molecule has 0 bridgehead atoms. The smallest absolute Gasteiger partial charge is 0.261 e. The molecule has 0 aliphatic heterocycles. The number of rotatable bonds is 6. The molecule has 0 radical (unpaired) electrons. The zero-order chi connectivity index (χ0) is 17.8. The molecule has 2 aromatic rings. The molecule has 5 heteroatoms. The molecule has 0 fully saturated rings. The molecule has 1 N–H and O–H groups in total. The zero-order valence-electron chi connectivity index (χ0n) is 15.2. The normalized spacial score (nSPS) is 14.9. The van der Waals surface area contributed by atoms with E-state index in [0.717, 1.165) is 29.0 Å². The van der Waals surface area contributed by atoms with E-state index >= 15 is 0 Å². The molecule has 1 aliphatic rings. The Hall–Kier alpha value is -1.85. The summed E-state index contributed by atoms with van der Waals surface area (Å²) in [6.45, 7) is 0.571. The van der Waals surface area contributed by atoms with Crippen molar-refractivity contribution in [1.82, 2.24) is 10.2 Å². The zero-order valence-corrected chi connectivity index (χ0v) is 16.0. The summed E-state index contributed by atoms with van der Waals surface area (Å²) in [5, 5.41) is 3.11. The van der Waals surface area contributed by atoms with Crippen LogP contribution >= 0.6 is 11.3 Å². The molecule has 0 spiro atoms. The summed E-state index contributed by atoms with van der Waals surface area (Å²) in [5.41, 5.74) is 2.51. The summed E-state index contributed by atoms with van der Waals surface area (Å²) in [4.78, 5) is 17.0. The highest BCUT2D eigenvalue weighted by Gasteiger charge is 2.20. The van der Waals surface area contributed by atoms with Crippen LogP contribution < -0.4 is 10.1 Å². The highest BCUT2D eigenvalue weighted by molar-refractivity contribution is 7.14. The Balaban J connectivity index is 1.68. The number of fused-ring (bicyclic) bond motifs is 1. The van der Waals surface area contributed by atoms with Gasteiger partial charge in [-0.3, -0.25) is 4.79 Å². The van der Waals surface area contributed by atoms with E-state index in [1.807, 2.05) is 32.3 Å². The van der Waals surface area contributed by atoms with Crippen molar-refractivity contribution in [2.75, 3.05) is 27.7 Å².